The van der Waals surface area contributed by atoms with Crippen LogP contribution in [-0.2, 0) is 0 Å². The molecule has 0 saturated heterocycles. The van der Waals surface area contributed by atoms with Crippen molar-refractivity contribution < 1.29 is 4.79 Å². The van der Waals surface area contributed by atoms with Gasteiger partial charge < -0.3 is 5.32 Å². The molecule has 2 aromatic carbocycles. The van der Waals surface area contributed by atoms with Gasteiger partial charge in [0.1, 0.15) is 5.84 Å². The molecule has 0 unspecified atom stereocenters. The fourth-order valence-electron chi connectivity index (χ4n) is 2.66. The van der Waals surface area contributed by atoms with Crippen molar-refractivity contribution >= 4 is 24.1 Å². The van der Waals surface area contributed by atoms with Crippen LogP contribution in [0.3, 0.4) is 0 Å². The highest BCUT2D eigenvalue weighted by molar-refractivity contribution is 6.01. The van der Waals surface area contributed by atoms with Crippen LogP contribution in [0.2, 0.25) is 0 Å². The average Bonchev–Trinajstić information content (AvgIpc) is 2.61. The maximum absolute atomic E-state index is 12.8. The number of rotatable bonds is 4. The molecule has 0 aliphatic heterocycles. The predicted octanol–water partition coefficient (Wildman–Crippen LogP) is 4.66. The summed E-state index contributed by atoms with van der Waals surface area (Å²) in [6.07, 6.45) is 0. The summed E-state index contributed by atoms with van der Waals surface area (Å²) in [7, 11) is 1.70. The molecule has 2 aromatic rings. The van der Waals surface area contributed by atoms with Crippen molar-refractivity contribution in [1.29, 1.82) is 0 Å². The predicted molar refractivity (Wildman–Crippen MR) is 115 cm³/mol. The molecule has 27 heavy (non-hydrogen) atoms. The number of aryl methyl sites for hydroxylation is 1. The van der Waals surface area contributed by atoms with Crippen molar-refractivity contribution in [3.05, 3.63) is 53.6 Å². The Bertz CT molecular complexity index is 861. The van der Waals surface area contributed by atoms with E-state index in [9.17, 15) is 4.79 Å². The molecule has 1 amide bonds. The van der Waals surface area contributed by atoms with E-state index in [-0.39, 0.29) is 11.4 Å². The highest BCUT2D eigenvalue weighted by Gasteiger charge is 2.18. The first kappa shape index (κ1) is 20.4. The minimum atomic E-state index is -0.325. The van der Waals surface area contributed by atoms with Gasteiger partial charge >= 0.3 is 0 Å². The van der Waals surface area contributed by atoms with E-state index in [4.69, 9.17) is 0 Å². The number of hydrazone groups is 1. The SMILES string of the molecule is C=NN(C(C)=NC)c1cc(C(=O)NC(C)(C)C)cc(-c2ccc(C)cc2)c1. The van der Waals surface area contributed by atoms with Gasteiger partial charge in [0, 0.05) is 24.9 Å². The van der Waals surface area contributed by atoms with E-state index in [1.165, 1.54) is 5.56 Å². The molecule has 5 nitrogen and oxygen atoms in total. The van der Waals surface area contributed by atoms with Gasteiger partial charge in [0.05, 0.1) is 5.69 Å². The van der Waals surface area contributed by atoms with Gasteiger partial charge in [-0.25, -0.2) is 5.01 Å². The van der Waals surface area contributed by atoms with Crippen molar-refractivity contribution in [2.45, 2.75) is 40.2 Å². The van der Waals surface area contributed by atoms with Gasteiger partial charge in [0.2, 0.25) is 0 Å². The lowest BCUT2D eigenvalue weighted by molar-refractivity contribution is 0.0919. The quantitative estimate of drug-likeness (QED) is 0.487. The number of anilines is 1. The minimum Gasteiger partial charge on any atom is -0.347 e. The molecule has 0 saturated carbocycles. The number of hydrogen-bond acceptors (Lipinski definition) is 3. The second kappa shape index (κ2) is 8.16. The standard InChI is InChI=1S/C22H28N4O/c1-15-8-10-17(11-9-15)18-12-19(21(27)25-22(3,4)5)14-20(13-18)26(24-7)16(2)23-6/h8-14H,7H2,1-6H3,(H,25,27). The van der Waals surface area contributed by atoms with Crippen LogP contribution in [0.4, 0.5) is 5.69 Å². The van der Waals surface area contributed by atoms with Crippen molar-refractivity contribution in [1.82, 2.24) is 5.32 Å². The molecule has 0 bridgehead atoms. The number of carbonyl (C=O) groups is 1. The van der Waals surface area contributed by atoms with Gasteiger partial charge in [-0.1, -0.05) is 29.8 Å². The average molecular weight is 364 g/mol. The zero-order chi connectivity index (χ0) is 20.2. The van der Waals surface area contributed by atoms with Crippen LogP contribution in [0, 0.1) is 6.92 Å². The Labute approximate surface area is 161 Å². The zero-order valence-corrected chi connectivity index (χ0v) is 17.0. The number of nitrogens with one attached hydrogen (secondary N) is 1. The Kier molecular flexibility index (Phi) is 6.16. The third-order valence-electron chi connectivity index (χ3n) is 4.07. The van der Waals surface area contributed by atoms with E-state index in [2.05, 4.69) is 34.3 Å². The van der Waals surface area contributed by atoms with Crippen molar-refractivity contribution in [2.24, 2.45) is 10.1 Å². The first-order chi connectivity index (χ1) is 12.6. The lowest BCUT2D eigenvalue weighted by Crippen LogP contribution is -2.40. The van der Waals surface area contributed by atoms with Crippen molar-refractivity contribution in [3.8, 4) is 11.1 Å². The van der Waals surface area contributed by atoms with Crippen LogP contribution in [0.25, 0.3) is 11.1 Å². The van der Waals surface area contributed by atoms with E-state index in [1.54, 1.807) is 12.1 Å². The summed E-state index contributed by atoms with van der Waals surface area (Å²) in [6.45, 7) is 13.4. The molecule has 1 N–H and O–H groups in total. The Morgan fingerprint density at radius 2 is 1.70 bits per heavy atom. The molecule has 142 valence electrons. The van der Waals surface area contributed by atoms with Crippen molar-refractivity contribution in [2.75, 3.05) is 12.1 Å². The Balaban J connectivity index is 2.61. The maximum atomic E-state index is 12.8. The van der Waals surface area contributed by atoms with Crippen LogP contribution in [-0.4, -0.2) is 31.0 Å². The molecule has 0 aromatic heterocycles. The second-order valence-electron chi connectivity index (χ2n) is 7.56. The summed E-state index contributed by atoms with van der Waals surface area (Å²) in [5.41, 5.74) is 4.13. The number of aliphatic imine (C=N–C) groups is 1. The number of amides is 1. The van der Waals surface area contributed by atoms with Crippen LogP contribution in [0.15, 0.2) is 52.6 Å². The highest BCUT2D eigenvalue weighted by atomic mass is 16.1. The van der Waals surface area contributed by atoms with Gasteiger partial charge in [-0.3, -0.25) is 9.79 Å². The molecule has 0 atom stereocenters. The van der Waals surface area contributed by atoms with Gasteiger partial charge in [0.25, 0.3) is 5.91 Å². The second-order valence-corrected chi connectivity index (χ2v) is 7.56. The molecule has 2 rings (SSSR count). The van der Waals surface area contributed by atoms with E-state index in [1.807, 2.05) is 65.0 Å². The molecule has 0 fully saturated rings. The molecule has 0 heterocycles. The largest absolute Gasteiger partial charge is 0.347 e. The van der Waals surface area contributed by atoms with Crippen LogP contribution in [0.1, 0.15) is 43.6 Å². The highest BCUT2D eigenvalue weighted by Crippen LogP contribution is 2.28. The zero-order valence-electron chi connectivity index (χ0n) is 17.0. The molecule has 0 radical (unpaired) electrons. The van der Waals surface area contributed by atoms with Crippen LogP contribution < -0.4 is 10.3 Å². The lowest BCUT2D eigenvalue weighted by Gasteiger charge is -2.23. The summed E-state index contributed by atoms with van der Waals surface area (Å²) >= 11 is 0. The maximum Gasteiger partial charge on any atom is 0.251 e. The fourth-order valence-corrected chi connectivity index (χ4v) is 2.66. The van der Waals surface area contributed by atoms with E-state index >= 15 is 0 Å². The monoisotopic (exact) mass is 364 g/mol. The molecular formula is C22H28N4O. The first-order valence-corrected chi connectivity index (χ1v) is 8.89. The Hall–Kier alpha value is -2.95. The van der Waals surface area contributed by atoms with Crippen molar-refractivity contribution in [3.63, 3.8) is 0 Å². The number of amidine groups is 1. The van der Waals surface area contributed by atoms with Crippen LogP contribution >= 0.6 is 0 Å². The Morgan fingerprint density at radius 3 is 2.22 bits per heavy atom. The van der Waals surface area contributed by atoms with Gasteiger partial charge in [0.15, 0.2) is 0 Å². The smallest absolute Gasteiger partial charge is 0.251 e. The van der Waals surface area contributed by atoms with Gasteiger partial charge in [-0.2, -0.15) is 5.10 Å². The normalized spacial score (nSPS) is 11.9. The summed E-state index contributed by atoms with van der Waals surface area (Å²) in [5, 5.41) is 8.72. The third-order valence-corrected chi connectivity index (χ3v) is 4.07. The molecule has 0 aliphatic carbocycles. The summed E-state index contributed by atoms with van der Waals surface area (Å²) < 4.78 is 0. The summed E-state index contributed by atoms with van der Waals surface area (Å²) in [4.78, 5) is 17.0. The third kappa shape index (κ3) is 5.26. The topological polar surface area (TPSA) is 57.1 Å². The molecule has 0 spiro atoms. The molecular weight excluding hydrogens is 336 g/mol. The minimum absolute atomic E-state index is 0.132. The van der Waals surface area contributed by atoms with Gasteiger partial charge in [-0.05, 0) is 63.9 Å². The van der Waals surface area contributed by atoms with E-state index in [0.717, 1.165) is 16.8 Å². The Morgan fingerprint density at radius 1 is 1.07 bits per heavy atom. The number of benzene rings is 2. The first-order valence-electron chi connectivity index (χ1n) is 8.89. The number of hydrogen-bond donors (Lipinski definition) is 1. The molecule has 5 heteroatoms. The summed E-state index contributed by atoms with van der Waals surface area (Å²) in [5.74, 6) is 0.557. The molecule has 0 aliphatic rings. The van der Waals surface area contributed by atoms with E-state index < -0.39 is 0 Å². The number of carbonyl (C=O) groups excluding carboxylic acids is 1. The fraction of sp³-hybridized carbons (Fsp3) is 0.318. The summed E-state index contributed by atoms with van der Waals surface area (Å²) in [6, 6.07) is 13.9. The van der Waals surface area contributed by atoms with Gasteiger partial charge in [-0.15, -0.1) is 0 Å². The number of nitrogens with zero attached hydrogens (tertiary/aromatic N) is 3. The van der Waals surface area contributed by atoms with E-state index in [0.29, 0.717) is 11.4 Å². The van der Waals surface area contributed by atoms with Crippen LogP contribution in [0.5, 0.6) is 0 Å². The lowest BCUT2D eigenvalue weighted by atomic mass is 9.99.